The minimum absolute atomic E-state index is 0.0505. The van der Waals surface area contributed by atoms with Gasteiger partial charge >= 0.3 is 10.1 Å². The van der Waals surface area contributed by atoms with Crippen LogP contribution in [-0.2, 0) is 10.1 Å². The van der Waals surface area contributed by atoms with E-state index in [9.17, 15) is 13.6 Å². The van der Waals surface area contributed by atoms with E-state index in [1.165, 1.54) is 48.5 Å². The Kier molecular flexibility index (Phi) is 4.26. The van der Waals surface area contributed by atoms with Crippen LogP contribution in [0.4, 0.5) is 5.69 Å². The lowest BCUT2D eigenvalue weighted by molar-refractivity contribution is -0.992. The lowest BCUT2D eigenvalue weighted by Crippen LogP contribution is -2.99. The molecule has 0 fully saturated rings. The highest BCUT2D eigenvalue weighted by Crippen LogP contribution is 2.23. The fourth-order valence-electron chi connectivity index (χ4n) is 1.52. The van der Waals surface area contributed by atoms with Gasteiger partial charge in [0.2, 0.25) is 0 Å². The first-order chi connectivity index (χ1) is 9.40. The maximum atomic E-state index is 12.1. The molecule has 6 nitrogen and oxygen atoms in total. The smallest absolute Gasteiger partial charge is 0.345 e. The number of benzene rings is 2. The van der Waals surface area contributed by atoms with Crippen molar-refractivity contribution in [1.29, 1.82) is 0 Å². The molecule has 2 aromatic rings. The zero-order valence-corrected chi connectivity index (χ0v) is 11.6. The zero-order valence-electron chi connectivity index (χ0n) is 9.99. The maximum Gasteiger partial charge on any atom is 0.345 e. The Morgan fingerprint density at radius 2 is 1.70 bits per heavy atom. The third-order valence-electron chi connectivity index (χ3n) is 2.41. The second kappa shape index (κ2) is 5.78. The number of rotatable bonds is 4. The largest absolute Gasteiger partial charge is 0.595 e. The quantitative estimate of drug-likeness (QED) is 0.659. The van der Waals surface area contributed by atoms with E-state index in [4.69, 9.17) is 21.0 Å². The van der Waals surface area contributed by atoms with Gasteiger partial charge in [-0.1, -0.05) is 23.7 Å². The van der Waals surface area contributed by atoms with Gasteiger partial charge in [-0.05, 0) is 30.3 Å². The molecule has 0 radical (unpaired) electrons. The van der Waals surface area contributed by atoms with Crippen molar-refractivity contribution in [2.45, 2.75) is 4.90 Å². The van der Waals surface area contributed by atoms with Crippen LogP contribution in [0.1, 0.15) is 0 Å². The topological polar surface area (TPSA) is 91.1 Å². The van der Waals surface area contributed by atoms with E-state index in [-0.39, 0.29) is 11.4 Å². The summed E-state index contributed by atoms with van der Waals surface area (Å²) in [5.74, 6) is 0.0505. The van der Waals surface area contributed by atoms with Gasteiger partial charge in [0.25, 0.3) is 0 Å². The van der Waals surface area contributed by atoms with E-state index in [1.807, 2.05) is 0 Å². The third kappa shape index (κ3) is 3.27. The van der Waals surface area contributed by atoms with Crippen molar-refractivity contribution < 1.29 is 23.0 Å². The van der Waals surface area contributed by atoms with E-state index in [0.29, 0.717) is 5.02 Å². The van der Waals surface area contributed by atoms with Crippen LogP contribution < -0.4 is 9.41 Å². The van der Waals surface area contributed by atoms with Gasteiger partial charge in [-0.15, -0.1) is 0 Å². The van der Waals surface area contributed by atoms with Crippen LogP contribution in [0.25, 0.3) is 0 Å². The Labute approximate surface area is 120 Å². The average molecular weight is 316 g/mol. The molecule has 0 aromatic heterocycles. The number of nitrogens with one attached hydrogen (secondary N) is 1. The Morgan fingerprint density at radius 3 is 2.30 bits per heavy atom. The summed E-state index contributed by atoms with van der Waals surface area (Å²) in [7, 11) is -4.23. The second-order valence-corrected chi connectivity index (χ2v) is 5.74. The molecule has 2 N–H and O–H groups in total. The molecule has 20 heavy (non-hydrogen) atoms. The van der Waals surface area contributed by atoms with Gasteiger partial charge in [0, 0.05) is 11.1 Å². The Balaban J connectivity index is 2.38. The Bertz CT molecular complexity index is 700. The molecule has 0 aliphatic rings. The Hall–Kier alpha value is -1.64. The fraction of sp³-hybridized carbons (Fsp3) is 0. The van der Waals surface area contributed by atoms with Crippen molar-refractivity contribution >= 4 is 27.4 Å². The van der Waals surface area contributed by atoms with E-state index >= 15 is 0 Å². The highest BCUT2D eigenvalue weighted by molar-refractivity contribution is 7.87. The van der Waals surface area contributed by atoms with E-state index in [2.05, 4.69) is 0 Å². The molecule has 8 heteroatoms. The maximum absolute atomic E-state index is 12.1. The number of halogens is 1. The summed E-state index contributed by atoms with van der Waals surface area (Å²) in [4.78, 5) is -0.401. The summed E-state index contributed by atoms with van der Waals surface area (Å²) in [6.45, 7) is 0. The predicted octanol–water partition coefficient (Wildman–Crippen LogP) is 1.51. The highest BCUT2D eigenvalue weighted by Gasteiger charge is 2.24. The summed E-state index contributed by atoms with van der Waals surface area (Å²) < 4.78 is 29.1. The summed E-state index contributed by atoms with van der Waals surface area (Å²) in [6, 6.07) is 10.9. The minimum Gasteiger partial charge on any atom is -0.595 e. The second-order valence-electron chi connectivity index (χ2n) is 3.79. The van der Waals surface area contributed by atoms with Gasteiger partial charge in [0.05, 0.1) is 0 Å². The summed E-state index contributed by atoms with van der Waals surface area (Å²) >= 11 is 5.68. The lowest BCUT2D eigenvalue weighted by atomic mass is 10.3. The summed E-state index contributed by atoms with van der Waals surface area (Å²) in [5.41, 5.74) is -0.346. The van der Waals surface area contributed by atoms with Crippen LogP contribution in [0.15, 0.2) is 53.4 Å². The van der Waals surface area contributed by atoms with Crippen molar-refractivity contribution in [3.63, 3.8) is 0 Å². The molecule has 1 unspecified atom stereocenters. The van der Waals surface area contributed by atoms with E-state index in [0.717, 1.165) is 0 Å². The molecular weight excluding hydrogens is 306 g/mol. The van der Waals surface area contributed by atoms with Gasteiger partial charge < -0.3 is 9.39 Å². The summed E-state index contributed by atoms with van der Waals surface area (Å²) in [6.07, 6.45) is 0. The minimum atomic E-state index is -4.23. The molecule has 0 heterocycles. The number of hydrogen-bond acceptors (Lipinski definition) is 5. The van der Waals surface area contributed by atoms with Crippen LogP contribution in [0.2, 0.25) is 5.02 Å². The Morgan fingerprint density at radius 1 is 1.10 bits per heavy atom. The SMILES string of the molecule is O=S(=O)(Oc1ccc(Cl)cc1)c1ccccc1[NH+]([O-])O. The fourth-order valence-corrected chi connectivity index (χ4v) is 2.77. The number of para-hydroxylation sites is 1. The van der Waals surface area contributed by atoms with Crippen LogP contribution in [0, 0.1) is 5.21 Å². The van der Waals surface area contributed by atoms with Gasteiger partial charge in [-0.2, -0.15) is 13.6 Å². The van der Waals surface area contributed by atoms with Crippen molar-refractivity contribution in [2.24, 2.45) is 0 Å². The standard InChI is InChI=1S/C12H10ClNO5S/c13-9-5-7-10(8-6-9)19-20(17,18)12-4-2-1-3-11(12)14(15)16/h1-8,14-15H. The molecule has 106 valence electrons. The van der Waals surface area contributed by atoms with Crippen LogP contribution in [0.5, 0.6) is 5.75 Å². The molecule has 0 saturated carbocycles. The van der Waals surface area contributed by atoms with E-state index < -0.39 is 20.2 Å². The molecule has 2 rings (SSSR count). The molecule has 0 saturated heterocycles. The first kappa shape index (κ1) is 14.8. The molecule has 0 bridgehead atoms. The van der Waals surface area contributed by atoms with Crippen molar-refractivity contribution in [1.82, 2.24) is 0 Å². The van der Waals surface area contributed by atoms with Crippen molar-refractivity contribution in [3.8, 4) is 5.75 Å². The monoisotopic (exact) mass is 315 g/mol. The first-order valence-corrected chi connectivity index (χ1v) is 7.21. The van der Waals surface area contributed by atoms with Gasteiger partial charge in [-0.3, -0.25) is 0 Å². The molecule has 0 spiro atoms. The van der Waals surface area contributed by atoms with Crippen LogP contribution in [0.3, 0.4) is 0 Å². The normalized spacial score (nSPS) is 12.9. The van der Waals surface area contributed by atoms with E-state index in [1.54, 1.807) is 0 Å². The zero-order chi connectivity index (χ0) is 14.8. The van der Waals surface area contributed by atoms with Crippen molar-refractivity contribution in [2.75, 3.05) is 0 Å². The highest BCUT2D eigenvalue weighted by atomic mass is 35.5. The number of hydrogen-bond donors (Lipinski definition) is 2. The summed E-state index contributed by atoms with van der Waals surface area (Å²) in [5, 5.41) is 19.1. The van der Waals surface area contributed by atoms with Gasteiger partial charge in [0.1, 0.15) is 5.75 Å². The molecule has 0 aliphatic carbocycles. The molecular formula is C12H10ClNO5S. The lowest BCUT2D eigenvalue weighted by Gasteiger charge is -2.15. The molecule has 0 amide bonds. The van der Waals surface area contributed by atoms with Gasteiger partial charge in [-0.25, -0.2) is 5.21 Å². The van der Waals surface area contributed by atoms with Crippen molar-refractivity contribution in [3.05, 3.63) is 58.8 Å². The predicted molar refractivity (Wildman–Crippen MR) is 71.5 cm³/mol. The number of quaternary nitrogens is 1. The third-order valence-corrected chi connectivity index (χ3v) is 3.96. The van der Waals surface area contributed by atoms with Crippen LogP contribution >= 0.6 is 11.6 Å². The first-order valence-electron chi connectivity index (χ1n) is 5.42. The van der Waals surface area contributed by atoms with Gasteiger partial charge in [0.15, 0.2) is 10.6 Å². The average Bonchev–Trinajstić information content (AvgIpc) is 2.41. The van der Waals surface area contributed by atoms with Crippen LogP contribution in [-0.4, -0.2) is 13.6 Å². The molecule has 1 atom stereocenters. The molecule has 0 aliphatic heterocycles. The molecule has 2 aromatic carbocycles.